The van der Waals surface area contributed by atoms with Crippen molar-refractivity contribution in [3.05, 3.63) is 151 Å². The van der Waals surface area contributed by atoms with Gasteiger partial charge in [0.1, 0.15) is 0 Å². The zero-order valence-corrected chi connectivity index (χ0v) is 27.6. The van der Waals surface area contributed by atoms with Crippen LogP contribution < -0.4 is 0 Å². The fraction of sp³-hybridized carbons (Fsp3) is 0.133. The van der Waals surface area contributed by atoms with Crippen LogP contribution in [-0.4, -0.2) is 15.0 Å². The second-order valence-corrected chi connectivity index (χ2v) is 14.1. The molecule has 0 saturated carbocycles. The monoisotopic (exact) mass is 617 g/mol. The Balaban J connectivity index is 1.32. The Morgan fingerprint density at radius 3 is 1.88 bits per heavy atom. The van der Waals surface area contributed by atoms with Crippen LogP contribution in [0.1, 0.15) is 38.8 Å². The third-order valence-corrected chi connectivity index (χ3v) is 11.0. The molecular formula is C45H35N3. The molecule has 8 aromatic rings. The Kier molecular flexibility index (Phi) is 6.20. The topological polar surface area (TPSA) is 38.7 Å². The highest BCUT2D eigenvalue weighted by Crippen LogP contribution is 2.56. The predicted molar refractivity (Wildman–Crippen MR) is 200 cm³/mol. The van der Waals surface area contributed by atoms with Crippen LogP contribution in [0.5, 0.6) is 0 Å². The van der Waals surface area contributed by atoms with E-state index in [9.17, 15) is 0 Å². The lowest BCUT2D eigenvalue weighted by Crippen LogP contribution is -2.43. The van der Waals surface area contributed by atoms with E-state index in [0.29, 0.717) is 17.5 Å². The molecule has 48 heavy (non-hydrogen) atoms. The number of fused-ring (bicyclic) bond motifs is 8. The summed E-state index contributed by atoms with van der Waals surface area (Å²) in [6, 6.07) is 49.7. The minimum Gasteiger partial charge on any atom is -0.208 e. The number of benzene rings is 7. The van der Waals surface area contributed by atoms with E-state index < -0.39 is 0 Å². The maximum atomic E-state index is 5.18. The molecule has 1 heterocycles. The quantitative estimate of drug-likeness (QED) is 0.185. The van der Waals surface area contributed by atoms with Crippen molar-refractivity contribution in [2.45, 2.75) is 38.5 Å². The van der Waals surface area contributed by atoms with E-state index in [-0.39, 0.29) is 10.8 Å². The van der Waals surface area contributed by atoms with Gasteiger partial charge in [0.15, 0.2) is 17.5 Å². The minimum atomic E-state index is -0.128. The highest BCUT2D eigenvalue weighted by Gasteiger charge is 2.46. The van der Waals surface area contributed by atoms with E-state index in [1.54, 1.807) is 0 Å². The molecule has 0 N–H and O–H groups in total. The zero-order chi connectivity index (χ0) is 32.6. The van der Waals surface area contributed by atoms with Crippen LogP contribution in [0.2, 0.25) is 0 Å². The standard InChI is InChI=1S/C45H35N3/c1-44(2)38-20-11-10-17-34(38)36-26-24-29-23-25-33-35(39(29)40(36)45(44,3)4)18-12-19-37(33)43-47-41(30-14-6-5-7-15-30)46-42(48-43)32-22-21-28-13-8-9-16-31(28)27-32/h5-27H,1-4H3. The molecule has 0 saturated heterocycles. The average Bonchev–Trinajstić information content (AvgIpc) is 3.13. The third-order valence-electron chi connectivity index (χ3n) is 11.0. The molecule has 0 aliphatic heterocycles. The fourth-order valence-corrected chi connectivity index (χ4v) is 7.83. The van der Waals surface area contributed by atoms with Crippen molar-refractivity contribution in [1.29, 1.82) is 0 Å². The van der Waals surface area contributed by atoms with Gasteiger partial charge in [0, 0.05) is 22.1 Å². The predicted octanol–water partition coefficient (Wildman–Crippen LogP) is 11.6. The van der Waals surface area contributed by atoms with Crippen molar-refractivity contribution < 1.29 is 0 Å². The van der Waals surface area contributed by atoms with Gasteiger partial charge in [-0.15, -0.1) is 0 Å². The highest BCUT2D eigenvalue weighted by atomic mass is 15.0. The lowest BCUT2D eigenvalue weighted by molar-refractivity contribution is 0.301. The number of aromatic nitrogens is 3. The smallest absolute Gasteiger partial charge is 0.164 e. The molecule has 0 amide bonds. The Hall–Kier alpha value is -5.67. The number of hydrogen-bond donors (Lipinski definition) is 0. The molecule has 7 aromatic carbocycles. The maximum absolute atomic E-state index is 5.18. The van der Waals surface area contributed by atoms with Gasteiger partial charge < -0.3 is 0 Å². The number of rotatable bonds is 3. The molecule has 9 rings (SSSR count). The van der Waals surface area contributed by atoms with Crippen molar-refractivity contribution in [1.82, 2.24) is 15.0 Å². The number of nitrogens with zero attached hydrogens (tertiary/aromatic N) is 3. The van der Waals surface area contributed by atoms with Crippen LogP contribution in [0.15, 0.2) is 140 Å². The minimum absolute atomic E-state index is 0.0712. The van der Waals surface area contributed by atoms with Gasteiger partial charge in [-0.1, -0.05) is 161 Å². The average molecular weight is 618 g/mol. The molecule has 3 nitrogen and oxygen atoms in total. The molecule has 230 valence electrons. The van der Waals surface area contributed by atoms with Crippen molar-refractivity contribution >= 4 is 32.3 Å². The van der Waals surface area contributed by atoms with E-state index in [0.717, 1.165) is 27.5 Å². The van der Waals surface area contributed by atoms with Gasteiger partial charge >= 0.3 is 0 Å². The molecule has 1 aliphatic rings. The molecule has 0 atom stereocenters. The molecule has 0 spiro atoms. The summed E-state index contributed by atoms with van der Waals surface area (Å²) < 4.78 is 0. The third kappa shape index (κ3) is 4.17. The molecule has 0 bridgehead atoms. The van der Waals surface area contributed by atoms with Crippen molar-refractivity contribution in [2.24, 2.45) is 0 Å². The molecule has 0 unspecified atom stereocenters. The molecular weight excluding hydrogens is 583 g/mol. The van der Waals surface area contributed by atoms with E-state index >= 15 is 0 Å². The first-order valence-electron chi connectivity index (χ1n) is 16.7. The van der Waals surface area contributed by atoms with Gasteiger partial charge in [-0.05, 0) is 66.1 Å². The van der Waals surface area contributed by atoms with E-state index in [1.807, 2.05) is 18.2 Å². The van der Waals surface area contributed by atoms with Crippen LogP contribution in [0, 0.1) is 0 Å². The molecule has 0 fully saturated rings. The fourth-order valence-electron chi connectivity index (χ4n) is 7.83. The summed E-state index contributed by atoms with van der Waals surface area (Å²) in [6.07, 6.45) is 0. The largest absolute Gasteiger partial charge is 0.208 e. The van der Waals surface area contributed by atoms with Crippen LogP contribution in [-0.2, 0) is 10.8 Å². The van der Waals surface area contributed by atoms with Crippen LogP contribution in [0.25, 0.3) is 77.6 Å². The van der Waals surface area contributed by atoms with E-state index in [1.165, 1.54) is 43.8 Å². The summed E-state index contributed by atoms with van der Waals surface area (Å²) in [7, 11) is 0. The normalized spacial score (nSPS) is 14.6. The Bertz CT molecular complexity index is 2560. The second-order valence-electron chi connectivity index (χ2n) is 14.1. The first-order chi connectivity index (χ1) is 23.3. The first kappa shape index (κ1) is 28.5. The molecule has 1 aromatic heterocycles. The van der Waals surface area contributed by atoms with Gasteiger partial charge in [-0.25, -0.2) is 15.0 Å². The van der Waals surface area contributed by atoms with Gasteiger partial charge in [0.2, 0.25) is 0 Å². The second kappa shape index (κ2) is 10.4. The van der Waals surface area contributed by atoms with Crippen LogP contribution in [0.3, 0.4) is 0 Å². The van der Waals surface area contributed by atoms with Crippen molar-refractivity contribution in [3.63, 3.8) is 0 Å². The van der Waals surface area contributed by atoms with Gasteiger partial charge in [0.05, 0.1) is 0 Å². The summed E-state index contributed by atoms with van der Waals surface area (Å²) in [5, 5.41) is 7.27. The van der Waals surface area contributed by atoms with Gasteiger partial charge in [-0.3, -0.25) is 0 Å². The first-order valence-corrected chi connectivity index (χ1v) is 16.7. The summed E-state index contributed by atoms with van der Waals surface area (Å²) in [5.74, 6) is 2.00. The molecule has 0 radical (unpaired) electrons. The van der Waals surface area contributed by atoms with Crippen LogP contribution >= 0.6 is 0 Å². The summed E-state index contributed by atoms with van der Waals surface area (Å²) in [5.41, 5.74) is 8.20. The van der Waals surface area contributed by atoms with Gasteiger partial charge in [-0.2, -0.15) is 0 Å². The summed E-state index contributed by atoms with van der Waals surface area (Å²) >= 11 is 0. The Morgan fingerprint density at radius 2 is 1.04 bits per heavy atom. The lowest BCUT2D eigenvalue weighted by Gasteiger charge is -2.49. The van der Waals surface area contributed by atoms with Crippen LogP contribution in [0.4, 0.5) is 0 Å². The van der Waals surface area contributed by atoms with E-state index in [2.05, 4.69) is 149 Å². The summed E-state index contributed by atoms with van der Waals surface area (Å²) in [6.45, 7) is 9.62. The zero-order valence-electron chi connectivity index (χ0n) is 27.6. The Morgan fingerprint density at radius 1 is 0.396 bits per heavy atom. The van der Waals surface area contributed by atoms with Gasteiger partial charge in [0.25, 0.3) is 0 Å². The summed E-state index contributed by atoms with van der Waals surface area (Å²) in [4.78, 5) is 15.3. The van der Waals surface area contributed by atoms with E-state index in [4.69, 9.17) is 15.0 Å². The Labute approximate surface area is 281 Å². The number of hydrogen-bond acceptors (Lipinski definition) is 3. The SMILES string of the molecule is CC1(C)c2ccccc2-c2ccc3ccc4c(-c5nc(-c6ccccc6)nc(-c6ccc7ccccc7c6)n5)cccc4c3c2C1(C)C. The van der Waals surface area contributed by atoms with Crippen molar-refractivity contribution in [3.8, 4) is 45.3 Å². The lowest BCUT2D eigenvalue weighted by atomic mass is 9.54. The maximum Gasteiger partial charge on any atom is 0.164 e. The highest BCUT2D eigenvalue weighted by molar-refractivity contribution is 6.15. The molecule has 3 heteroatoms. The van der Waals surface area contributed by atoms with Crippen molar-refractivity contribution in [2.75, 3.05) is 0 Å². The molecule has 1 aliphatic carbocycles.